The third-order valence-electron chi connectivity index (χ3n) is 6.04. The summed E-state index contributed by atoms with van der Waals surface area (Å²) in [5, 5.41) is 0. The van der Waals surface area contributed by atoms with Crippen LogP contribution >= 0.6 is 0 Å². The van der Waals surface area contributed by atoms with E-state index in [0.717, 1.165) is 23.3 Å². The molecular weight excluding hydrogens is 372 g/mol. The topological polar surface area (TPSA) is 81.8 Å². The Bertz CT molecular complexity index is 1100. The minimum absolute atomic E-state index is 0.0664. The lowest BCUT2D eigenvalue weighted by molar-refractivity contribution is 0.306. The van der Waals surface area contributed by atoms with Gasteiger partial charge in [-0.1, -0.05) is 29.8 Å². The zero-order chi connectivity index (χ0) is 20.3. The van der Waals surface area contributed by atoms with Crippen molar-refractivity contribution in [2.75, 3.05) is 5.75 Å². The molecule has 0 radical (unpaired) electrons. The van der Waals surface area contributed by atoms with E-state index in [1.54, 1.807) is 13.8 Å². The van der Waals surface area contributed by atoms with Crippen molar-refractivity contribution < 1.29 is 13.2 Å². The van der Waals surface area contributed by atoms with Crippen LogP contribution in [0.1, 0.15) is 48.6 Å². The fourth-order valence-electron chi connectivity index (χ4n) is 3.90. The molecule has 2 N–H and O–H groups in total. The molecule has 28 heavy (non-hydrogen) atoms. The van der Waals surface area contributed by atoms with Crippen LogP contribution in [0.25, 0.3) is 0 Å². The maximum absolute atomic E-state index is 12.9. The van der Waals surface area contributed by atoms with E-state index in [0.29, 0.717) is 6.61 Å². The molecule has 4 rings (SSSR count). The number of aryl methyl sites for hydroxylation is 1. The summed E-state index contributed by atoms with van der Waals surface area (Å²) in [5.41, 5.74) is 10.7. The fourth-order valence-corrected chi connectivity index (χ4v) is 5.60. The van der Waals surface area contributed by atoms with Crippen molar-refractivity contribution in [1.82, 2.24) is 0 Å². The van der Waals surface area contributed by atoms with E-state index in [1.165, 1.54) is 16.7 Å². The van der Waals surface area contributed by atoms with Crippen molar-refractivity contribution in [3.63, 3.8) is 0 Å². The van der Waals surface area contributed by atoms with Crippen LogP contribution in [0.2, 0.25) is 0 Å². The quantitative estimate of drug-likeness (QED) is 0.799. The molecule has 0 aliphatic carbocycles. The van der Waals surface area contributed by atoms with Gasteiger partial charge in [0.25, 0.3) is 0 Å². The first-order valence-electron chi connectivity index (χ1n) is 9.45. The van der Waals surface area contributed by atoms with Crippen LogP contribution in [0.5, 0.6) is 5.75 Å². The second-order valence-electron chi connectivity index (χ2n) is 8.60. The lowest BCUT2D eigenvalue weighted by Gasteiger charge is -2.38. The molecule has 0 bridgehead atoms. The fraction of sp³-hybridized carbons (Fsp3) is 0.409. The van der Waals surface area contributed by atoms with Crippen molar-refractivity contribution in [3.8, 4) is 5.75 Å². The third-order valence-corrected chi connectivity index (χ3v) is 8.75. The molecule has 0 saturated carbocycles. The van der Waals surface area contributed by atoms with Crippen LogP contribution in [0, 0.1) is 6.92 Å². The van der Waals surface area contributed by atoms with Gasteiger partial charge in [0, 0.05) is 6.42 Å². The molecule has 0 amide bonds. The zero-order valence-electron chi connectivity index (χ0n) is 16.7. The summed E-state index contributed by atoms with van der Waals surface area (Å²) in [6.07, 6.45) is 0.744. The van der Waals surface area contributed by atoms with Crippen LogP contribution < -0.4 is 10.5 Å². The normalized spacial score (nSPS) is 24.9. The smallest absolute Gasteiger partial charge is 0.165 e. The van der Waals surface area contributed by atoms with Crippen molar-refractivity contribution >= 4 is 15.7 Å². The number of rotatable bonds is 1. The van der Waals surface area contributed by atoms with E-state index < -0.39 is 20.1 Å². The molecule has 6 heteroatoms. The Morgan fingerprint density at radius 2 is 1.79 bits per heavy atom. The highest BCUT2D eigenvalue weighted by Crippen LogP contribution is 2.39. The number of hydrogen-bond donors (Lipinski definition) is 1. The summed E-state index contributed by atoms with van der Waals surface area (Å²) in [6, 6.07) is 12.2. The highest BCUT2D eigenvalue weighted by molar-refractivity contribution is 7.93. The van der Waals surface area contributed by atoms with Gasteiger partial charge in [0.05, 0.1) is 11.3 Å². The van der Waals surface area contributed by atoms with Gasteiger partial charge >= 0.3 is 0 Å². The molecule has 2 aromatic rings. The Morgan fingerprint density at radius 1 is 1.04 bits per heavy atom. The van der Waals surface area contributed by atoms with Crippen LogP contribution in [0.4, 0.5) is 0 Å². The molecule has 2 aliphatic rings. The Hall–Kier alpha value is -2.34. The maximum atomic E-state index is 12.9. The number of ether oxygens (including phenoxy) is 1. The Balaban J connectivity index is 1.79. The highest BCUT2D eigenvalue weighted by Gasteiger charge is 2.48. The molecule has 2 aliphatic heterocycles. The number of sulfone groups is 1. The largest absolute Gasteiger partial charge is 0.489 e. The van der Waals surface area contributed by atoms with Crippen LogP contribution in [0.3, 0.4) is 0 Å². The summed E-state index contributed by atoms with van der Waals surface area (Å²) in [5.74, 6) is 0.925. The van der Waals surface area contributed by atoms with Gasteiger partial charge in [-0.05, 0) is 62.1 Å². The zero-order valence-corrected chi connectivity index (χ0v) is 17.6. The first kappa shape index (κ1) is 19.0. The number of nitrogens with two attached hydrogens (primary N) is 1. The molecule has 0 aromatic heterocycles. The molecule has 1 atom stereocenters. The molecule has 0 unspecified atom stereocenters. The third kappa shape index (κ3) is 2.91. The lowest BCUT2D eigenvalue weighted by Crippen LogP contribution is -2.54. The number of benzene rings is 2. The van der Waals surface area contributed by atoms with Gasteiger partial charge in [0.15, 0.2) is 9.84 Å². The minimum Gasteiger partial charge on any atom is -0.489 e. The summed E-state index contributed by atoms with van der Waals surface area (Å²) >= 11 is 0. The van der Waals surface area contributed by atoms with Crippen molar-refractivity contribution in [2.24, 2.45) is 10.7 Å². The van der Waals surface area contributed by atoms with E-state index in [4.69, 9.17) is 10.5 Å². The summed E-state index contributed by atoms with van der Waals surface area (Å²) < 4.78 is 30.6. The van der Waals surface area contributed by atoms with Gasteiger partial charge in [-0.25, -0.2) is 8.42 Å². The number of aliphatic imine (C=N–C) groups is 1. The molecule has 0 spiro atoms. The van der Waals surface area contributed by atoms with Gasteiger partial charge in [-0.3, -0.25) is 4.99 Å². The molecule has 148 valence electrons. The van der Waals surface area contributed by atoms with Crippen molar-refractivity contribution in [3.05, 3.63) is 64.2 Å². The molecule has 2 aromatic carbocycles. The van der Waals surface area contributed by atoms with E-state index in [1.807, 2.05) is 25.1 Å². The van der Waals surface area contributed by atoms with E-state index in [2.05, 4.69) is 30.1 Å². The van der Waals surface area contributed by atoms with E-state index in [-0.39, 0.29) is 11.6 Å². The van der Waals surface area contributed by atoms with Gasteiger partial charge in [-0.15, -0.1) is 0 Å². The first-order valence-corrected chi connectivity index (χ1v) is 11.1. The molecule has 2 heterocycles. The van der Waals surface area contributed by atoms with E-state index >= 15 is 0 Å². The highest BCUT2D eigenvalue weighted by atomic mass is 32.2. The maximum Gasteiger partial charge on any atom is 0.165 e. The Morgan fingerprint density at radius 3 is 2.50 bits per heavy atom. The van der Waals surface area contributed by atoms with Crippen LogP contribution in [-0.2, 0) is 28.4 Å². The molecule has 5 nitrogen and oxygen atoms in total. The predicted octanol–water partition coefficient (Wildman–Crippen LogP) is 3.26. The SMILES string of the molecule is Cc1ccc2c(c1)Cc1cc([C@]3(C)CS(=O)(=O)C(C)(C)C(N)=N3)ccc1OC2. The number of amidine groups is 1. The molecule has 0 saturated heterocycles. The summed E-state index contributed by atoms with van der Waals surface area (Å²) in [6.45, 7) is 7.68. The summed E-state index contributed by atoms with van der Waals surface area (Å²) in [7, 11) is -3.44. The standard InChI is InChI=1S/C22H26N2O3S/c1-14-5-6-15-12-27-19-8-7-18(11-17(19)10-16(15)9-14)22(4)13-28(25,26)21(2,3)20(23)24-22/h5-9,11H,10,12-13H2,1-4H3,(H2,23,24)/t22-/m0/s1. The molecular formula is C22H26N2O3S. The van der Waals surface area contributed by atoms with Crippen molar-refractivity contribution in [1.29, 1.82) is 0 Å². The second-order valence-corrected chi connectivity index (χ2v) is 11.1. The minimum atomic E-state index is -3.44. The predicted molar refractivity (Wildman–Crippen MR) is 112 cm³/mol. The monoisotopic (exact) mass is 398 g/mol. The van der Waals surface area contributed by atoms with Gasteiger partial charge in [0.2, 0.25) is 0 Å². The molecule has 0 fully saturated rings. The van der Waals surface area contributed by atoms with Gasteiger partial charge in [0.1, 0.15) is 22.9 Å². The average Bonchev–Trinajstić information content (AvgIpc) is 2.77. The Labute approximate surface area is 166 Å². The second kappa shape index (κ2) is 6.08. The number of hydrogen-bond acceptors (Lipinski definition) is 5. The lowest BCUT2D eigenvalue weighted by atomic mass is 9.90. The van der Waals surface area contributed by atoms with Crippen LogP contribution in [0.15, 0.2) is 41.4 Å². The van der Waals surface area contributed by atoms with Crippen LogP contribution in [-0.4, -0.2) is 24.8 Å². The van der Waals surface area contributed by atoms with Gasteiger partial charge < -0.3 is 10.5 Å². The van der Waals surface area contributed by atoms with Gasteiger partial charge in [-0.2, -0.15) is 0 Å². The number of fused-ring (bicyclic) bond motifs is 2. The first-order chi connectivity index (χ1) is 13.0. The van der Waals surface area contributed by atoms with E-state index in [9.17, 15) is 8.42 Å². The Kier molecular flexibility index (Phi) is 4.12. The summed E-state index contributed by atoms with van der Waals surface area (Å²) in [4.78, 5) is 4.64. The van der Waals surface area contributed by atoms with Crippen molar-refractivity contribution in [2.45, 2.75) is 51.0 Å². The number of nitrogens with zero attached hydrogens (tertiary/aromatic N) is 1. The average molecular weight is 399 g/mol.